The molecular weight excluding hydrogens is 334 g/mol. The van der Waals surface area contributed by atoms with Gasteiger partial charge in [-0.3, -0.25) is 4.79 Å². The Labute approximate surface area is 143 Å². The molecule has 1 N–H and O–H groups in total. The number of rotatable bonds is 7. The molecule has 1 atom stereocenters. The SMILES string of the molecule is CCCSc1nnc(S[C@H](C)C(=O)Nc2ccc(C)cc2)s1. The van der Waals surface area contributed by atoms with Gasteiger partial charge in [-0.25, -0.2) is 0 Å². The van der Waals surface area contributed by atoms with Crippen molar-refractivity contribution in [2.24, 2.45) is 0 Å². The molecule has 0 aliphatic rings. The summed E-state index contributed by atoms with van der Waals surface area (Å²) in [4.78, 5) is 12.2. The van der Waals surface area contributed by atoms with E-state index < -0.39 is 0 Å². The van der Waals surface area contributed by atoms with Crippen LogP contribution >= 0.6 is 34.9 Å². The van der Waals surface area contributed by atoms with E-state index in [1.807, 2.05) is 38.1 Å². The Morgan fingerprint density at radius 3 is 2.64 bits per heavy atom. The predicted molar refractivity (Wildman–Crippen MR) is 96.1 cm³/mol. The number of carbonyl (C=O) groups excluding carboxylic acids is 1. The van der Waals surface area contributed by atoms with Crippen LogP contribution in [0.1, 0.15) is 25.8 Å². The zero-order chi connectivity index (χ0) is 15.9. The standard InChI is InChI=1S/C15H19N3OS3/c1-4-9-20-14-17-18-15(22-14)21-11(3)13(19)16-12-7-5-10(2)6-8-12/h5-8,11H,4,9H2,1-3H3,(H,16,19)/t11-/m1/s1. The first-order valence-corrected chi connectivity index (χ1v) is 9.77. The highest BCUT2D eigenvalue weighted by atomic mass is 32.2. The van der Waals surface area contributed by atoms with Crippen LogP contribution in [-0.2, 0) is 4.79 Å². The lowest BCUT2D eigenvalue weighted by Crippen LogP contribution is -2.22. The summed E-state index contributed by atoms with van der Waals surface area (Å²) in [5, 5.41) is 11.0. The topological polar surface area (TPSA) is 54.9 Å². The Kier molecular flexibility index (Phi) is 6.72. The van der Waals surface area contributed by atoms with Crippen LogP contribution in [0.5, 0.6) is 0 Å². The average molecular weight is 354 g/mol. The summed E-state index contributed by atoms with van der Waals surface area (Å²) in [5.41, 5.74) is 1.99. The summed E-state index contributed by atoms with van der Waals surface area (Å²) in [6.07, 6.45) is 1.11. The van der Waals surface area contributed by atoms with Crippen molar-refractivity contribution in [1.82, 2.24) is 10.2 Å². The molecule has 2 rings (SSSR count). The van der Waals surface area contributed by atoms with Crippen LogP contribution in [0.15, 0.2) is 32.9 Å². The third-order valence-electron chi connectivity index (χ3n) is 2.78. The quantitative estimate of drug-likeness (QED) is 0.744. The smallest absolute Gasteiger partial charge is 0.237 e. The van der Waals surface area contributed by atoms with Crippen LogP contribution in [0.25, 0.3) is 0 Å². The number of benzene rings is 1. The molecule has 7 heteroatoms. The fourth-order valence-corrected chi connectivity index (χ4v) is 4.67. The molecule has 0 fully saturated rings. The molecule has 4 nitrogen and oxygen atoms in total. The number of nitrogens with zero attached hydrogens (tertiary/aromatic N) is 2. The zero-order valence-corrected chi connectivity index (χ0v) is 15.3. The number of aromatic nitrogens is 2. The van der Waals surface area contributed by atoms with Crippen LogP contribution in [0.4, 0.5) is 5.69 Å². The molecule has 1 heterocycles. The third kappa shape index (κ3) is 5.30. The Morgan fingerprint density at radius 2 is 1.95 bits per heavy atom. The van der Waals surface area contributed by atoms with Gasteiger partial charge in [0.1, 0.15) is 0 Å². The zero-order valence-electron chi connectivity index (χ0n) is 12.8. The molecule has 0 radical (unpaired) electrons. The van der Waals surface area contributed by atoms with E-state index in [1.54, 1.807) is 23.1 Å². The molecule has 1 aromatic carbocycles. The molecule has 0 unspecified atom stereocenters. The van der Waals surface area contributed by atoms with Crippen LogP contribution in [0.2, 0.25) is 0 Å². The van der Waals surface area contributed by atoms with Crippen molar-refractivity contribution >= 4 is 46.5 Å². The number of thioether (sulfide) groups is 2. The minimum absolute atomic E-state index is 0.0215. The van der Waals surface area contributed by atoms with Crippen LogP contribution in [0, 0.1) is 6.92 Å². The molecule has 0 aliphatic carbocycles. The molecule has 0 aliphatic heterocycles. The highest BCUT2D eigenvalue weighted by Crippen LogP contribution is 2.31. The first kappa shape index (κ1) is 17.3. The van der Waals surface area contributed by atoms with E-state index in [2.05, 4.69) is 22.4 Å². The number of anilines is 1. The second-order valence-corrected chi connectivity index (χ2v) is 8.71. The Balaban J connectivity index is 1.87. The van der Waals surface area contributed by atoms with Gasteiger partial charge < -0.3 is 5.32 Å². The van der Waals surface area contributed by atoms with Gasteiger partial charge in [0.05, 0.1) is 5.25 Å². The molecule has 0 saturated heterocycles. The number of hydrogen-bond donors (Lipinski definition) is 1. The van der Waals surface area contributed by atoms with E-state index in [-0.39, 0.29) is 11.2 Å². The maximum absolute atomic E-state index is 12.2. The predicted octanol–water partition coefficient (Wildman–Crippen LogP) is 4.47. The van der Waals surface area contributed by atoms with Gasteiger partial charge in [0.25, 0.3) is 0 Å². The van der Waals surface area contributed by atoms with Crippen LogP contribution < -0.4 is 5.32 Å². The van der Waals surface area contributed by atoms with Gasteiger partial charge in [-0.05, 0) is 32.4 Å². The average Bonchev–Trinajstić information content (AvgIpc) is 2.95. The number of amides is 1. The number of hydrogen-bond acceptors (Lipinski definition) is 6. The Bertz CT molecular complexity index is 613. The van der Waals surface area contributed by atoms with Crippen molar-refractivity contribution in [1.29, 1.82) is 0 Å². The molecule has 0 spiro atoms. The lowest BCUT2D eigenvalue weighted by atomic mass is 10.2. The van der Waals surface area contributed by atoms with Gasteiger partial charge in [0, 0.05) is 11.4 Å². The van der Waals surface area contributed by atoms with Gasteiger partial charge in [-0.1, -0.05) is 59.5 Å². The first-order valence-electron chi connectivity index (χ1n) is 7.09. The summed E-state index contributed by atoms with van der Waals surface area (Å²) in [5.74, 6) is 1.02. The van der Waals surface area contributed by atoms with Gasteiger partial charge in [0.2, 0.25) is 5.91 Å². The summed E-state index contributed by atoms with van der Waals surface area (Å²) >= 11 is 4.71. The summed E-state index contributed by atoms with van der Waals surface area (Å²) < 4.78 is 1.81. The second kappa shape index (κ2) is 8.55. The van der Waals surface area contributed by atoms with E-state index in [0.717, 1.165) is 26.5 Å². The molecule has 1 aromatic heterocycles. The van der Waals surface area contributed by atoms with E-state index >= 15 is 0 Å². The molecular formula is C15H19N3OS3. The normalized spacial score (nSPS) is 12.1. The van der Waals surface area contributed by atoms with Crippen LogP contribution in [-0.4, -0.2) is 27.1 Å². The van der Waals surface area contributed by atoms with Crippen molar-refractivity contribution in [3.8, 4) is 0 Å². The minimum Gasteiger partial charge on any atom is -0.325 e. The van der Waals surface area contributed by atoms with Crippen molar-refractivity contribution < 1.29 is 4.79 Å². The number of carbonyl (C=O) groups is 1. The Morgan fingerprint density at radius 1 is 1.27 bits per heavy atom. The highest BCUT2D eigenvalue weighted by Gasteiger charge is 2.17. The molecule has 22 heavy (non-hydrogen) atoms. The molecule has 0 saturated carbocycles. The summed E-state index contributed by atoms with van der Waals surface area (Å²) in [6.45, 7) is 6.04. The van der Waals surface area contributed by atoms with Crippen molar-refractivity contribution in [2.75, 3.05) is 11.1 Å². The summed E-state index contributed by atoms with van der Waals surface area (Å²) in [7, 11) is 0. The highest BCUT2D eigenvalue weighted by molar-refractivity contribution is 8.03. The van der Waals surface area contributed by atoms with E-state index in [0.29, 0.717) is 0 Å². The van der Waals surface area contributed by atoms with Crippen molar-refractivity contribution in [3.63, 3.8) is 0 Å². The molecule has 0 bridgehead atoms. The minimum atomic E-state index is -0.210. The number of aryl methyl sites for hydroxylation is 1. The fourth-order valence-electron chi connectivity index (χ4n) is 1.58. The summed E-state index contributed by atoms with van der Waals surface area (Å²) in [6, 6.07) is 7.79. The maximum atomic E-state index is 12.2. The van der Waals surface area contributed by atoms with Gasteiger partial charge in [-0.2, -0.15) is 0 Å². The number of nitrogens with one attached hydrogen (secondary N) is 1. The van der Waals surface area contributed by atoms with Gasteiger partial charge in [0.15, 0.2) is 8.68 Å². The second-order valence-electron chi connectivity index (χ2n) is 4.80. The van der Waals surface area contributed by atoms with E-state index in [1.165, 1.54) is 17.3 Å². The Hall–Kier alpha value is -1.05. The maximum Gasteiger partial charge on any atom is 0.237 e. The monoisotopic (exact) mass is 353 g/mol. The third-order valence-corrected chi connectivity index (χ3v) is 6.23. The van der Waals surface area contributed by atoms with Gasteiger partial charge in [-0.15, -0.1) is 10.2 Å². The first-order chi connectivity index (χ1) is 10.6. The largest absolute Gasteiger partial charge is 0.325 e. The van der Waals surface area contributed by atoms with Gasteiger partial charge >= 0.3 is 0 Å². The molecule has 2 aromatic rings. The van der Waals surface area contributed by atoms with E-state index in [9.17, 15) is 4.79 Å². The molecule has 118 valence electrons. The molecule has 1 amide bonds. The van der Waals surface area contributed by atoms with Crippen molar-refractivity contribution in [3.05, 3.63) is 29.8 Å². The fraction of sp³-hybridized carbons (Fsp3) is 0.400. The van der Waals surface area contributed by atoms with Crippen molar-refractivity contribution in [2.45, 2.75) is 41.1 Å². The lowest BCUT2D eigenvalue weighted by molar-refractivity contribution is -0.115. The lowest BCUT2D eigenvalue weighted by Gasteiger charge is -2.10. The van der Waals surface area contributed by atoms with E-state index in [4.69, 9.17) is 0 Å². The van der Waals surface area contributed by atoms with Crippen LogP contribution in [0.3, 0.4) is 0 Å².